The van der Waals surface area contributed by atoms with Gasteiger partial charge in [-0.15, -0.1) is 46.5 Å². The van der Waals surface area contributed by atoms with Gasteiger partial charge in [-0.2, -0.15) is 0 Å². The smallest absolute Gasteiger partial charge is 0.0263 e. The Balaban J connectivity index is -0.000000327. The van der Waals surface area contributed by atoms with Crippen molar-refractivity contribution in [2.75, 3.05) is 6.16 Å². The molecule has 0 spiro atoms. The second-order valence-electron chi connectivity index (χ2n) is 5.01. The first-order chi connectivity index (χ1) is 7.24. The lowest BCUT2D eigenvalue weighted by Crippen LogP contribution is -2.22. The van der Waals surface area contributed by atoms with E-state index in [0.717, 1.165) is 0 Å². The Bertz CT molecular complexity index is 121. The molecule has 0 amide bonds. The normalized spacial score (nSPS) is 10.0. The van der Waals surface area contributed by atoms with E-state index in [0.29, 0.717) is 5.41 Å². The van der Waals surface area contributed by atoms with Crippen LogP contribution in [0.2, 0.25) is 0 Å². The van der Waals surface area contributed by atoms with Gasteiger partial charge in [0, 0.05) is 0 Å². The summed E-state index contributed by atoms with van der Waals surface area (Å²) in [5.74, 6) is 0. The molecule has 116 valence electrons. The zero-order valence-electron chi connectivity index (χ0n) is 12.4. The Kier molecular flexibility index (Phi) is 28.1. The number of hydrogen-bond acceptors (Lipinski definition) is 0. The molecule has 0 saturated carbocycles. The predicted octanol–water partition coefficient (Wildman–Crippen LogP) is 6.68. The standard InChI is InChI=1S/C14H31P.3ClH/c1-4-7-10-14(13-15,11-8-5-2)12-9-6-3;;;/h4-13,15H2,1-3H3;3*1H. The van der Waals surface area contributed by atoms with Gasteiger partial charge in [-0.1, -0.05) is 59.3 Å². The summed E-state index contributed by atoms with van der Waals surface area (Å²) in [6.07, 6.45) is 14.0. The van der Waals surface area contributed by atoms with Gasteiger partial charge in [-0.25, -0.2) is 0 Å². The van der Waals surface area contributed by atoms with E-state index < -0.39 is 0 Å². The summed E-state index contributed by atoms with van der Waals surface area (Å²) >= 11 is 0. The lowest BCUT2D eigenvalue weighted by atomic mass is 9.76. The number of halogens is 3. The van der Waals surface area contributed by atoms with E-state index in [4.69, 9.17) is 0 Å². The Morgan fingerprint density at radius 1 is 0.667 bits per heavy atom. The molecular weight excluding hydrogens is 305 g/mol. The van der Waals surface area contributed by atoms with Crippen LogP contribution in [0, 0.1) is 5.41 Å². The number of hydrogen-bond donors (Lipinski definition) is 0. The molecule has 0 radical (unpaired) electrons. The van der Waals surface area contributed by atoms with Gasteiger partial charge < -0.3 is 0 Å². The zero-order valence-corrected chi connectivity index (χ0v) is 16.0. The third kappa shape index (κ3) is 12.3. The fraction of sp³-hybridized carbons (Fsp3) is 1.00. The third-order valence-electron chi connectivity index (χ3n) is 3.61. The lowest BCUT2D eigenvalue weighted by molar-refractivity contribution is 0.235. The summed E-state index contributed by atoms with van der Waals surface area (Å²) in [5.41, 5.74) is 0.659. The first kappa shape index (κ1) is 27.6. The minimum absolute atomic E-state index is 0. The Hall–Kier alpha value is 1.30. The van der Waals surface area contributed by atoms with Crippen molar-refractivity contribution in [2.45, 2.75) is 78.6 Å². The highest BCUT2D eigenvalue weighted by atomic mass is 35.5. The number of rotatable bonds is 10. The topological polar surface area (TPSA) is 0 Å². The maximum atomic E-state index is 3.01. The summed E-state index contributed by atoms with van der Waals surface area (Å²) in [4.78, 5) is 0. The van der Waals surface area contributed by atoms with Gasteiger partial charge in [0.2, 0.25) is 0 Å². The van der Waals surface area contributed by atoms with Crippen molar-refractivity contribution in [3.05, 3.63) is 0 Å². The molecule has 0 aromatic heterocycles. The van der Waals surface area contributed by atoms with Gasteiger partial charge >= 0.3 is 0 Å². The molecule has 18 heavy (non-hydrogen) atoms. The third-order valence-corrected chi connectivity index (χ3v) is 4.48. The van der Waals surface area contributed by atoms with Gasteiger partial charge in [0.1, 0.15) is 0 Å². The molecule has 0 aliphatic rings. The highest BCUT2D eigenvalue weighted by Crippen LogP contribution is 2.38. The van der Waals surface area contributed by atoms with Crippen LogP contribution >= 0.6 is 46.5 Å². The van der Waals surface area contributed by atoms with E-state index in [1.807, 2.05) is 0 Å². The average molecular weight is 340 g/mol. The van der Waals surface area contributed by atoms with Crippen LogP contribution < -0.4 is 0 Å². The van der Waals surface area contributed by atoms with Crippen LogP contribution in [0.5, 0.6) is 0 Å². The summed E-state index contributed by atoms with van der Waals surface area (Å²) in [5, 5.41) is 0. The SMILES string of the molecule is CCCCC(CP)(CCCC)CCCC.Cl.Cl.Cl. The van der Waals surface area contributed by atoms with Crippen LogP contribution in [0.1, 0.15) is 78.6 Å². The molecule has 0 aliphatic heterocycles. The van der Waals surface area contributed by atoms with Crippen LogP contribution in [0.3, 0.4) is 0 Å². The van der Waals surface area contributed by atoms with Crippen LogP contribution in [0.25, 0.3) is 0 Å². The summed E-state index contributed by atoms with van der Waals surface area (Å²) in [6.45, 7) is 6.94. The molecule has 1 atom stereocenters. The van der Waals surface area contributed by atoms with Gasteiger partial charge in [0.25, 0.3) is 0 Å². The molecular formula is C14H34Cl3P. The molecule has 0 bridgehead atoms. The quantitative estimate of drug-likeness (QED) is 0.389. The Morgan fingerprint density at radius 2 is 0.944 bits per heavy atom. The largest absolute Gasteiger partial charge is 0.147 e. The van der Waals surface area contributed by atoms with Crippen molar-refractivity contribution in [1.82, 2.24) is 0 Å². The van der Waals surface area contributed by atoms with E-state index in [-0.39, 0.29) is 37.2 Å². The fourth-order valence-electron chi connectivity index (χ4n) is 2.34. The average Bonchev–Trinajstić information content (AvgIpc) is 2.29. The van der Waals surface area contributed by atoms with Crippen LogP contribution in [-0.4, -0.2) is 6.16 Å². The maximum absolute atomic E-state index is 3.01. The lowest BCUT2D eigenvalue weighted by Gasteiger charge is -2.33. The van der Waals surface area contributed by atoms with Crippen molar-refractivity contribution in [2.24, 2.45) is 5.41 Å². The minimum Gasteiger partial charge on any atom is -0.147 e. The van der Waals surface area contributed by atoms with E-state index in [1.54, 1.807) is 0 Å². The maximum Gasteiger partial charge on any atom is -0.0263 e. The summed E-state index contributed by atoms with van der Waals surface area (Å²) in [7, 11) is 3.01. The first-order valence-corrected chi connectivity index (χ1v) is 7.76. The van der Waals surface area contributed by atoms with E-state index in [9.17, 15) is 0 Å². The van der Waals surface area contributed by atoms with Gasteiger partial charge in [0.15, 0.2) is 0 Å². The molecule has 4 heteroatoms. The molecule has 0 heterocycles. The molecule has 0 fully saturated rings. The van der Waals surface area contributed by atoms with Crippen LogP contribution in [0.15, 0.2) is 0 Å². The van der Waals surface area contributed by atoms with Crippen molar-refractivity contribution >= 4 is 46.5 Å². The second-order valence-corrected chi connectivity index (χ2v) is 5.42. The van der Waals surface area contributed by atoms with Crippen LogP contribution in [0.4, 0.5) is 0 Å². The zero-order chi connectivity index (χ0) is 11.6. The van der Waals surface area contributed by atoms with Crippen molar-refractivity contribution in [3.63, 3.8) is 0 Å². The van der Waals surface area contributed by atoms with Gasteiger partial charge in [-0.3, -0.25) is 0 Å². The van der Waals surface area contributed by atoms with Crippen molar-refractivity contribution < 1.29 is 0 Å². The van der Waals surface area contributed by atoms with E-state index in [2.05, 4.69) is 30.0 Å². The highest BCUT2D eigenvalue weighted by Gasteiger charge is 2.25. The molecule has 0 aromatic carbocycles. The van der Waals surface area contributed by atoms with Crippen molar-refractivity contribution in [3.8, 4) is 0 Å². The monoisotopic (exact) mass is 338 g/mol. The van der Waals surface area contributed by atoms with E-state index in [1.165, 1.54) is 63.9 Å². The Labute approximate surface area is 136 Å². The van der Waals surface area contributed by atoms with Gasteiger partial charge in [0.05, 0.1) is 0 Å². The van der Waals surface area contributed by atoms with Crippen molar-refractivity contribution in [1.29, 1.82) is 0 Å². The fourth-order valence-corrected chi connectivity index (χ4v) is 2.95. The number of unbranched alkanes of at least 4 members (excludes halogenated alkanes) is 3. The van der Waals surface area contributed by atoms with Gasteiger partial charge in [-0.05, 0) is 30.8 Å². The minimum atomic E-state index is 0. The van der Waals surface area contributed by atoms with Crippen LogP contribution in [-0.2, 0) is 0 Å². The molecule has 0 rings (SSSR count). The molecule has 0 aromatic rings. The molecule has 0 nitrogen and oxygen atoms in total. The molecule has 0 saturated heterocycles. The summed E-state index contributed by atoms with van der Waals surface area (Å²) in [6, 6.07) is 0. The molecule has 0 N–H and O–H groups in total. The highest BCUT2D eigenvalue weighted by molar-refractivity contribution is 7.16. The first-order valence-electron chi connectivity index (χ1n) is 6.94. The molecule has 0 aliphatic carbocycles. The van der Waals surface area contributed by atoms with E-state index >= 15 is 0 Å². The molecule has 1 unspecified atom stereocenters. The Morgan fingerprint density at radius 3 is 1.11 bits per heavy atom. The predicted molar refractivity (Wildman–Crippen MR) is 97.3 cm³/mol. The second kappa shape index (κ2) is 18.3. The summed E-state index contributed by atoms with van der Waals surface area (Å²) < 4.78 is 0.